The lowest BCUT2D eigenvalue weighted by Crippen LogP contribution is -2.46. The maximum atomic E-state index is 11.6. The molecule has 40 heavy (non-hydrogen) atoms. The quantitative estimate of drug-likeness (QED) is 0.320. The number of hydrogen-bond acceptors (Lipinski definition) is 7. The zero-order valence-corrected chi connectivity index (χ0v) is 22.2. The highest BCUT2D eigenvalue weighted by Gasteiger charge is 2.25. The Labute approximate surface area is 231 Å². The summed E-state index contributed by atoms with van der Waals surface area (Å²) in [7, 11) is 0. The van der Waals surface area contributed by atoms with Crippen molar-refractivity contribution in [3.8, 4) is 0 Å². The molecule has 10 nitrogen and oxygen atoms in total. The molecule has 2 saturated heterocycles. The average Bonchev–Trinajstić information content (AvgIpc) is 3.50. The molecule has 0 bridgehead atoms. The summed E-state index contributed by atoms with van der Waals surface area (Å²) in [6, 6.07) is 19.7. The third-order valence-electron chi connectivity index (χ3n) is 7.90. The first kappa shape index (κ1) is 24.7. The van der Waals surface area contributed by atoms with Gasteiger partial charge in [-0.25, -0.2) is 14.8 Å². The zero-order valence-electron chi connectivity index (χ0n) is 22.2. The van der Waals surface area contributed by atoms with Crippen LogP contribution in [0.1, 0.15) is 28.2 Å². The lowest BCUT2D eigenvalue weighted by molar-refractivity contribution is -0.0592. The van der Waals surface area contributed by atoms with E-state index in [-0.39, 0.29) is 11.7 Å². The Morgan fingerprint density at radius 1 is 0.975 bits per heavy atom. The number of fused-ring (bicyclic) bond motifs is 2. The number of nitrogens with zero attached hydrogens (tertiary/aromatic N) is 7. The van der Waals surface area contributed by atoms with Crippen LogP contribution in [0.4, 0.5) is 5.82 Å². The Hall–Kier alpha value is -4.28. The molecular weight excluding hydrogens is 506 g/mol. The van der Waals surface area contributed by atoms with Gasteiger partial charge in [-0.1, -0.05) is 30.3 Å². The summed E-state index contributed by atoms with van der Waals surface area (Å²) in [5, 5.41) is 15.3. The Bertz CT molecular complexity index is 1670. The van der Waals surface area contributed by atoms with Crippen molar-refractivity contribution < 1.29 is 14.6 Å². The number of aromatic nitrogens is 5. The van der Waals surface area contributed by atoms with Gasteiger partial charge in [0.1, 0.15) is 11.6 Å². The number of aromatic carboxylic acids is 1. The van der Waals surface area contributed by atoms with E-state index in [0.717, 1.165) is 79.5 Å². The van der Waals surface area contributed by atoms with Gasteiger partial charge in [0.05, 0.1) is 42.3 Å². The van der Waals surface area contributed by atoms with Crippen molar-refractivity contribution in [1.82, 2.24) is 29.2 Å². The number of benzene rings is 2. The van der Waals surface area contributed by atoms with Crippen molar-refractivity contribution in [3.05, 3.63) is 83.8 Å². The van der Waals surface area contributed by atoms with E-state index >= 15 is 0 Å². The number of carbonyl (C=O) groups is 1. The summed E-state index contributed by atoms with van der Waals surface area (Å²) in [4.78, 5) is 26.1. The van der Waals surface area contributed by atoms with Gasteiger partial charge in [0, 0.05) is 44.4 Å². The van der Waals surface area contributed by atoms with Crippen LogP contribution in [0.25, 0.3) is 22.1 Å². The van der Waals surface area contributed by atoms with Gasteiger partial charge in [0.2, 0.25) is 0 Å². The second-order valence-electron chi connectivity index (χ2n) is 10.6. The summed E-state index contributed by atoms with van der Waals surface area (Å²) in [6.07, 6.45) is 3.22. The van der Waals surface area contributed by atoms with Crippen LogP contribution < -0.4 is 4.90 Å². The van der Waals surface area contributed by atoms with Crippen LogP contribution in [0.15, 0.2) is 66.9 Å². The van der Waals surface area contributed by atoms with Crippen molar-refractivity contribution in [2.75, 3.05) is 37.7 Å². The monoisotopic (exact) mass is 537 g/mol. The predicted molar refractivity (Wildman–Crippen MR) is 152 cm³/mol. The van der Waals surface area contributed by atoms with Crippen LogP contribution in [0.3, 0.4) is 0 Å². The van der Waals surface area contributed by atoms with Crippen LogP contribution in [-0.4, -0.2) is 79.2 Å². The summed E-state index contributed by atoms with van der Waals surface area (Å²) >= 11 is 0. The maximum Gasteiger partial charge on any atom is 0.335 e. The predicted octanol–water partition coefficient (Wildman–Crippen LogP) is 3.64. The molecule has 2 fully saturated rings. The fourth-order valence-corrected chi connectivity index (χ4v) is 5.57. The first-order chi connectivity index (χ1) is 19.6. The molecule has 0 unspecified atom stereocenters. The fraction of sp³-hybridized carbons (Fsp3) is 0.333. The summed E-state index contributed by atoms with van der Waals surface area (Å²) in [5.41, 5.74) is 3.93. The van der Waals surface area contributed by atoms with E-state index in [9.17, 15) is 9.90 Å². The van der Waals surface area contributed by atoms with Crippen molar-refractivity contribution in [2.24, 2.45) is 0 Å². The van der Waals surface area contributed by atoms with Gasteiger partial charge in [-0.05, 0) is 42.3 Å². The molecule has 2 aromatic carbocycles. The molecule has 0 aliphatic carbocycles. The first-order valence-corrected chi connectivity index (χ1v) is 13.8. The molecule has 5 heterocycles. The third kappa shape index (κ3) is 4.91. The zero-order chi connectivity index (χ0) is 27.1. The van der Waals surface area contributed by atoms with Crippen LogP contribution in [0.2, 0.25) is 0 Å². The molecule has 0 amide bonds. The summed E-state index contributed by atoms with van der Waals surface area (Å²) < 4.78 is 9.81. The number of pyridine rings is 1. The van der Waals surface area contributed by atoms with Gasteiger partial charge in [-0.2, -0.15) is 5.10 Å². The van der Waals surface area contributed by atoms with Crippen LogP contribution in [-0.2, 0) is 24.4 Å². The van der Waals surface area contributed by atoms with Gasteiger partial charge < -0.3 is 19.3 Å². The standard InChI is InChI=1S/C30H31N7O3/c38-30(39)22-6-8-25-26(16-22)37(19-24-10-15-40-24)28(31-25)20-34-11-13-35(14-12-34)27-9-7-23-18-36(33-29(23)32-27)17-21-4-2-1-3-5-21/h1-9,16,18,24H,10-15,17,19-20H2,(H,38,39)/t24-/m0/s1. The Morgan fingerprint density at radius 3 is 2.55 bits per heavy atom. The molecule has 0 saturated carbocycles. The highest BCUT2D eigenvalue weighted by Crippen LogP contribution is 2.24. The van der Waals surface area contributed by atoms with Gasteiger partial charge in [0.15, 0.2) is 5.65 Å². The minimum absolute atomic E-state index is 0.152. The highest BCUT2D eigenvalue weighted by molar-refractivity contribution is 5.92. The molecular formula is C30H31N7O3. The topological polar surface area (TPSA) is 102 Å². The molecule has 2 aliphatic heterocycles. The summed E-state index contributed by atoms with van der Waals surface area (Å²) in [6.45, 7) is 6.38. The largest absolute Gasteiger partial charge is 0.478 e. The average molecular weight is 538 g/mol. The molecule has 3 aromatic heterocycles. The maximum absolute atomic E-state index is 11.6. The Morgan fingerprint density at radius 2 is 1.80 bits per heavy atom. The highest BCUT2D eigenvalue weighted by atomic mass is 16.5. The molecule has 7 rings (SSSR count). The second-order valence-corrected chi connectivity index (χ2v) is 10.6. The lowest BCUT2D eigenvalue weighted by atomic mass is 10.1. The molecule has 204 valence electrons. The number of imidazole rings is 1. The molecule has 1 atom stereocenters. The van der Waals surface area contributed by atoms with Crippen molar-refractivity contribution in [3.63, 3.8) is 0 Å². The van der Waals surface area contributed by atoms with E-state index in [0.29, 0.717) is 13.1 Å². The number of anilines is 1. The van der Waals surface area contributed by atoms with E-state index in [2.05, 4.69) is 44.8 Å². The molecule has 0 spiro atoms. The number of piperazine rings is 1. The lowest BCUT2D eigenvalue weighted by Gasteiger charge is -2.35. The Kier molecular flexibility index (Phi) is 6.41. The molecule has 10 heteroatoms. The van der Waals surface area contributed by atoms with Crippen LogP contribution in [0, 0.1) is 0 Å². The molecule has 2 aliphatic rings. The van der Waals surface area contributed by atoms with E-state index in [4.69, 9.17) is 19.8 Å². The van der Waals surface area contributed by atoms with E-state index < -0.39 is 5.97 Å². The first-order valence-electron chi connectivity index (χ1n) is 13.8. The van der Waals surface area contributed by atoms with E-state index in [1.54, 1.807) is 18.2 Å². The number of ether oxygens (including phenoxy) is 1. The van der Waals surface area contributed by atoms with E-state index in [1.165, 1.54) is 5.56 Å². The fourth-order valence-electron chi connectivity index (χ4n) is 5.57. The van der Waals surface area contributed by atoms with Gasteiger partial charge >= 0.3 is 5.97 Å². The SMILES string of the molecule is O=C(O)c1ccc2nc(CN3CCN(c4ccc5cn(Cc6ccccc6)nc5n4)CC3)n(C[C@@H]3CCO3)c2c1. The van der Waals surface area contributed by atoms with Gasteiger partial charge in [0.25, 0.3) is 0 Å². The van der Waals surface area contributed by atoms with Gasteiger partial charge in [-0.15, -0.1) is 0 Å². The number of hydrogen-bond donors (Lipinski definition) is 1. The minimum atomic E-state index is -0.929. The third-order valence-corrected chi connectivity index (χ3v) is 7.90. The number of rotatable bonds is 8. The normalized spacial score (nSPS) is 17.9. The number of carboxylic acid groups (broad SMARTS) is 1. The smallest absolute Gasteiger partial charge is 0.335 e. The van der Waals surface area contributed by atoms with E-state index in [1.807, 2.05) is 22.9 Å². The van der Waals surface area contributed by atoms with Crippen LogP contribution >= 0.6 is 0 Å². The van der Waals surface area contributed by atoms with Crippen LogP contribution in [0.5, 0.6) is 0 Å². The van der Waals surface area contributed by atoms with Gasteiger partial charge in [-0.3, -0.25) is 9.58 Å². The number of carboxylic acids is 1. The second kappa shape index (κ2) is 10.4. The molecule has 1 N–H and O–H groups in total. The summed E-state index contributed by atoms with van der Waals surface area (Å²) in [5.74, 6) is 0.972. The van der Waals surface area contributed by atoms with Crippen molar-refractivity contribution >= 4 is 33.9 Å². The minimum Gasteiger partial charge on any atom is -0.478 e. The molecule has 5 aromatic rings. The van der Waals surface area contributed by atoms with Crippen molar-refractivity contribution in [2.45, 2.75) is 32.2 Å². The Balaban J connectivity index is 1.04. The van der Waals surface area contributed by atoms with Crippen molar-refractivity contribution in [1.29, 1.82) is 0 Å². The molecule has 0 radical (unpaired) electrons.